The van der Waals surface area contributed by atoms with Gasteiger partial charge in [-0.1, -0.05) is 35.9 Å². The number of carbonyl (C=O) groups is 1. The number of hydrogen-bond acceptors (Lipinski definition) is 3. The van der Waals surface area contributed by atoms with Crippen LogP contribution in [0.1, 0.15) is 15.4 Å². The Morgan fingerprint density at radius 3 is 2.90 bits per heavy atom. The molecule has 0 spiro atoms. The van der Waals surface area contributed by atoms with Crippen LogP contribution in [0.3, 0.4) is 0 Å². The Hall–Kier alpha value is -1.43. The molecule has 0 atom stereocenters. The first-order chi connectivity index (χ1) is 10.1. The molecule has 106 valence electrons. The first-order valence-electron chi connectivity index (χ1n) is 6.20. The maximum atomic E-state index is 12.2. The van der Waals surface area contributed by atoms with Gasteiger partial charge in [0, 0.05) is 14.7 Å². The summed E-state index contributed by atoms with van der Waals surface area (Å²) in [7, 11) is 0. The summed E-state index contributed by atoms with van der Waals surface area (Å²) in [6.45, 7) is 0.462. The first-order valence-corrected chi connectivity index (χ1v) is 8.25. The summed E-state index contributed by atoms with van der Waals surface area (Å²) in [4.78, 5) is 17.4. The quantitative estimate of drug-likeness (QED) is 0.671. The van der Waals surface area contributed by atoms with Gasteiger partial charge in [-0.25, -0.2) is 4.98 Å². The normalized spacial score (nSPS) is 10.8. The van der Waals surface area contributed by atoms with Gasteiger partial charge in [0.1, 0.15) is 10.8 Å². The van der Waals surface area contributed by atoms with Crippen LogP contribution in [0.2, 0.25) is 5.15 Å². The minimum Gasteiger partial charge on any atom is -0.346 e. The van der Waals surface area contributed by atoms with Gasteiger partial charge in [-0.2, -0.15) is 0 Å². The number of hydrogen-bond donors (Lipinski definition) is 1. The molecule has 2 heterocycles. The van der Waals surface area contributed by atoms with Crippen molar-refractivity contribution in [1.29, 1.82) is 0 Å². The monoisotopic (exact) mass is 380 g/mol. The van der Waals surface area contributed by atoms with E-state index in [1.54, 1.807) is 17.4 Å². The highest BCUT2D eigenvalue weighted by atomic mass is 79.9. The van der Waals surface area contributed by atoms with Crippen molar-refractivity contribution in [2.75, 3.05) is 0 Å². The standard InChI is InChI=1S/C15H10BrClN2OS/c16-11-5-6-21-13(11)8-18-15(20)12-7-9-3-1-2-4-10(9)14(17)19-12/h1-7H,8H2,(H,18,20). The van der Waals surface area contributed by atoms with Crippen LogP contribution in [-0.2, 0) is 6.54 Å². The molecule has 0 saturated carbocycles. The molecule has 1 amide bonds. The van der Waals surface area contributed by atoms with Crippen molar-refractivity contribution in [2.24, 2.45) is 0 Å². The van der Waals surface area contributed by atoms with Gasteiger partial charge in [-0.05, 0) is 38.8 Å². The van der Waals surface area contributed by atoms with Crippen LogP contribution in [0, 0.1) is 0 Å². The highest BCUT2D eigenvalue weighted by Crippen LogP contribution is 2.24. The number of thiophene rings is 1. The molecule has 0 saturated heterocycles. The summed E-state index contributed by atoms with van der Waals surface area (Å²) in [6, 6.07) is 11.3. The SMILES string of the molecule is O=C(NCc1sccc1Br)c1cc2ccccc2c(Cl)n1. The van der Waals surface area contributed by atoms with E-state index < -0.39 is 0 Å². The fourth-order valence-corrected chi connectivity index (χ4v) is 3.67. The zero-order valence-electron chi connectivity index (χ0n) is 10.8. The number of fused-ring (bicyclic) bond motifs is 1. The Bertz CT molecular complexity index is 818. The van der Waals surface area contributed by atoms with E-state index in [9.17, 15) is 4.79 Å². The van der Waals surface area contributed by atoms with Gasteiger partial charge in [0.25, 0.3) is 5.91 Å². The van der Waals surface area contributed by atoms with Gasteiger partial charge in [-0.3, -0.25) is 4.79 Å². The molecule has 6 heteroatoms. The summed E-state index contributed by atoms with van der Waals surface area (Å²) in [5.74, 6) is -0.233. The highest BCUT2D eigenvalue weighted by molar-refractivity contribution is 9.10. The molecular formula is C15H10BrClN2OS. The molecule has 2 aromatic heterocycles. The maximum Gasteiger partial charge on any atom is 0.270 e. The third-order valence-electron chi connectivity index (χ3n) is 3.03. The minimum atomic E-state index is -0.233. The van der Waals surface area contributed by atoms with Gasteiger partial charge in [-0.15, -0.1) is 11.3 Å². The fraction of sp³-hybridized carbons (Fsp3) is 0.0667. The second-order valence-electron chi connectivity index (χ2n) is 4.39. The average Bonchev–Trinajstić information content (AvgIpc) is 2.90. The van der Waals surface area contributed by atoms with E-state index in [1.165, 1.54) is 0 Å². The Kier molecular flexibility index (Phi) is 4.24. The number of nitrogens with one attached hydrogen (secondary N) is 1. The molecule has 0 fully saturated rings. The molecular weight excluding hydrogens is 372 g/mol. The molecule has 0 aliphatic heterocycles. The number of carbonyl (C=O) groups excluding carboxylic acids is 1. The minimum absolute atomic E-state index is 0.233. The summed E-state index contributed by atoms with van der Waals surface area (Å²) < 4.78 is 0.998. The molecule has 0 radical (unpaired) electrons. The van der Waals surface area contributed by atoms with Gasteiger partial charge < -0.3 is 5.32 Å². The lowest BCUT2D eigenvalue weighted by Gasteiger charge is -2.06. The van der Waals surface area contributed by atoms with Crippen LogP contribution in [0.4, 0.5) is 0 Å². The van der Waals surface area contributed by atoms with Crippen molar-refractivity contribution < 1.29 is 4.79 Å². The predicted octanol–water partition coefficient (Wildman–Crippen LogP) is 4.64. The van der Waals surface area contributed by atoms with Crippen LogP contribution in [-0.4, -0.2) is 10.9 Å². The smallest absolute Gasteiger partial charge is 0.270 e. The number of pyridine rings is 1. The average molecular weight is 382 g/mol. The number of rotatable bonds is 3. The van der Waals surface area contributed by atoms with Crippen LogP contribution in [0.25, 0.3) is 10.8 Å². The van der Waals surface area contributed by atoms with E-state index in [1.807, 2.05) is 35.7 Å². The molecule has 3 rings (SSSR count). The fourth-order valence-electron chi connectivity index (χ4n) is 1.97. The topological polar surface area (TPSA) is 42.0 Å². The Labute approximate surface area is 139 Å². The molecule has 3 aromatic rings. The lowest BCUT2D eigenvalue weighted by molar-refractivity contribution is 0.0946. The second kappa shape index (κ2) is 6.13. The van der Waals surface area contributed by atoms with Gasteiger partial charge in [0.15, 0.2) is 0 Å². The number of halogens is 2. The van der Waals surface area contributed by atoms with Crippen molar-refractivity contribution in [1.82, 2.24) is 10.3 Å². The van der Waals surface area contributed by atoms with E-state index in [0.29, 0.717) is 17.4 Å². The van der Waals surface area contributed by atoms with Crippen LogP contribution in [0.5, 0.6) is 0 Å². The van der Waals surface area contributed by atoms with Gasteiger partial charge in [0.05, 0.1) is 6.54 Å². The molecule has 0 aliphatic carbocycles. The molecule has 21 heavy (non-hydrogen) atoms. The van der Waals surface area contributed by atoms with Crippen LogP contribution in [0.15, 0.2) is 46.3 Å². The van der Waals surface area contributed by atoms with Crippen molar-refractivity contribution in [3.05, 3.63) is 62.0 Å². The number of aromatic nitrogens is 1. The molecule has 3 nitrogen and oxygen atoms in total. The third kappa shape index (κ3) is 3.10. The Balaban J connectivity index is 1.83. The number of benzene rings is 1. The van der Waals surface area contributed by atoms with Crippen molar-refractivity contribution >= 4 is 55.5 Å². The predicted molar refractivity (Wildman–Crippen MR) is 89.9 cm³/mol. The zero-order valence-corrected chi connectivity index (χ0v) is 13.9. The van der Waals surface area contributed by atoms with Crippen molar-refractivity contribution in [3.63, 3.8) is 0 Å². The largest absolute Gasteiger partial charge is 0.346 e. The Morgan fingerprint density at radius 1 is 1.33 bits per heavy atom. The first kappa shape index (κ1) is 14.5. The maximum absolute atomic E-state index is 12.2. The van der Waals surface area contributed by atoms with Gasteiger partial charge in [0.2, 0.25) is 0 Å². The lowest BCUT2D eigenvalue weighted by atomic mass is 10.1. The molecule has 1 aromatic carbocycles. The van der Waals surface area contributed by atoms with E-state index in [-0.39, 0.29) is 5.91 Å². The highest BCUT2D eigenvalue weighted by Gasteiger charge is 2.11. The summed E-state index contributed by atoms with van der Waals surface area (Å²) >= 11 is 11.2. The van der Waals surface area contributed by atoms with E-state index in [2.05, 4.69) is 26.2 Å². The molecule has 0 aliphatic rings. The summed E-state index contributed by atoms with van der Waals surface area (Å²) in [5, 5.41) is 6.91. The number of amides is 1. The van der Waals surface area contributed by atoms with Crippen molar-refractivity contribution in [2.45, 2.75) is 6.54 Å². The molecule has 0 unspecified atom stereocenters. The van der Waals surface area contributed by atoms with E-state index in [4.69, 9.17) is 11.6 Å². The van der Waals surface area contributed by atoms with Crippen LogP contribution >= 0.6 is 38.9 Å². The zero-order chi connectivity index (χ0) is 14.8. The van der Waals surface area contributed by atoms with E-state index >= 15 is 0 Å². The second-order valence-corrected chi connectivity index (χ2v) is 6.61. The van der Waals surface area contributed by atoms with Crippen molar-refractivity contribution in [3.8, 4) is 0 Å². The molecule has 0 bridgehead atoms. The van der Waals surface area contributed by atoms with E-state index in [0.717, 1.165) is 20.1 Å². The summed E-state index contributed by atoms with van der Waals surface area (Å²) in [6.07, 6.45) is 0. The molecule has 1 N–H and O–H groups in total. The van der Waals surface area contributed by atoms with Gasteiger partial charge >= 0.3 is 0 Å². The lowest BCUT2D eigenvalue weighted by Crippen LogP contribution is -2.23. The third-order valence-corrected chi connectivity index (χ3v) is 5.24. The number of nitrogens with zero attached hydrogens (tertiary/aromatic N) is 1. The Morgan fingerprint density at radius 2 is 2.14 bits per heavy atom. The van der Waals surface area contributed by atoms with Crippen LogP contribution < -0.4 is 5.32 Å². The summed E-state index contributed by atoms with van der Waals surface area (Å²) in [5.41, 5.74) is 0.325.